The molecule has 19 heavy (non-hydrogen) atoms. The molecule has 8 heteroatoms. The standard InChI is InChI=1S/C11H13F3N2O3/c1-19-6-8(5-17)16-10(18)9-3-2-7(4-15-9)11(12,13)14/h2-4,8,17H,5-6H2,1H3,(H,16,18). The quantitative estimate of drug-likeness (QED) is 0.837. The number of amides is 1. The lowest BCUT2D eigenvalue weighted by molar-refractivity contribution is -0.137. The smallest absolute Gasteiger partial charge is 0.394 e. The monoisotopic (exact) mass is 278 g/mol. The van der Waals surface area contributed by atoms with Crippen LogP contribution in [0.15, 0.2) is 18.3 Å². The molecule has 0 aliphatic heterocycles. The van der Waals surface area contributed by atoms with E-state index in [1.807, 2.05) is 0 Å². The highest BCUT2D eigenvalue weighted by Crippen LogP contribution is 2.28. The van der Waals surface area contributed by atoms with Crippen LogP contribution in [-0.4, -0.2) is 42.4 Å². The molecule has 0 fully saturated rings. The number of alkyl halides is 3. The van der Waals surface area contributed by atoms with E-state index in [1.54, 1.807) is 0 Å². The molecule has 0 aliphatic rings. The van der Waals surface area contributed by atoms with Crippen LogP contribution in [0.4, 0.5) is 13.2 Å². The molecule has 0 bridgehead atoms. The summed E-state index contributed by atoms with van der Waals surface area (Å²) in [7, 11) is 1.39. The van der Waals surface area contributed by atoms with Gasteiger partial charge in [0.05, 0.1) is 24.8 Å². The fraction of sp³-hybridized carbons (Fsp3) is 0.455. The van der Waals surface area contributed by atoms with Crippen LogP contribution in [-0.2, 0) is 10.9 Å². The minimum absolute atomic E-state index is 0.0862. The molecule has 1 heterocycles. The first kappa shape index (κ1) is 15.4. The van der Waals surface area contributed by atoms with Crippen molar-refractivity contribution in [2.24, 2.45) is 0 Å². The van der Waals surface area contributed by atoms with Crippen molar-refractivity contribution in [3.05, 3.63) is 29.6 Å². The first-order chi connectivity index (χ1) is 8.88. The van der Waals surface area contributed by atoms with Gasteiger partial charge in [-0.05, 0) is 12.1 Å². The number of aromatic nitrogens is 1. The van der Waals surface area contributed by atoms with E-state index in [4.69, 9.17) is 9.84 Å². The lowest BCUT2D eigenvalue weighted by Gasteiger charge is -2.15. The highest BCUT2D eigenvalue weighted by atomic mass is 19.4. The van der Waals surface area contributed by atoms with E-state index in [0.29, 0.717) is 6.20 Å². The average molecular weight is 278 g/mol. The average Bonchev–Trinajstić information content (AvgIpc) is 2.37. The summed E-state index contributed by atoms with van der Waals surface area (Å²) >= 11 is 0. The lowest BCUT2D eigenvalue weighted by Crippen LogP contribution is -2.40. The number of hydrogen-bond donors (Lipinski definition) is 2. The maximum atomic E-state index is 12.3. The maximum absolute atomic E-state index is 12.3. The molecule has 0 spiro atoms. The molecule has 106 valence electrons. The van der Waals surface area contributed by atoms with Gasteiger partial charge in [-0.3, -0.25) is 9.78 Å². The van der Waals surface area contributed by atoms with Gasteiger partial charge in [-0.2, -0.15) is 13.2 Å². The van der Waals surface area contributed by atoms with Gasteiger partial charge in [-0.15, -0.1) is 0 Å². The van der Waals surface area contributed by atoms with E-state index >= 15 is 0 Å². The zero-order chi connectivity index (χ0) is 14.5. The van der Waals surface area contributed by atoms with E-state index in [2.05, 4.69) is 10.3 Å². The van der Waals surface area contributed by atoms with Crippen molar-refractivity contribution in [1.82, 2.24) is 10.3 Å². The van der Waals surface area contributed by atoms with Crippen molar-refractivity contribution in [2.75, 3.05) is 20.3 Å². The van der Waals surface area contributed by atoms with Gasteiger partial charge in [0, 0.05) is 13.3 Å². The number of rotatable bonds is 5. The number of carbonyl (C=O) groups is 1. The summed E-state index contributed by atoms with van der Waals surface area (Å²) in [5.41, 5.74) is -1.10. The van der Waals surface area contributed by atoms with E-state index in [0.717, 1.165) is 12.1 Å². The Morgan fingerprint density at radius 2 is 2.21 bits per heavy atom. The molecule has 2 N–H and O–H groups in total. The fourth-order valence-electron chi connectivity index (χ4n) is 1.30. The highest BCUT2D eigenvalue weighted by molar-refractivity contribution is 5.92. The van der Waals surface area contributed by atoms with Gasteiger partial charge < -0.3 is 15.2 Å². The second kappa shape index (κ2) is 6.48. The molecule has 1 atom stereocenters. The number of hydrogen-bond acceptors (Lipinski definition) is 4. The van der Waals surface area contributed by atoms with Crippen LogP contribution in [0.3, 0.4) is 0 Å². The molecule has 1 unspecified atom stereocenters. The molecular formula is C11H13F3N2O3. The number of nitrogens with zero attached hydrogens (tertiary/aromatic N) is 1. The number of aliphatic hydroxyl groups is 1. The third kappa shape index (κ3) is 4.49. The molecule has 0 aliphatic carbocycles. The number of methoxy groups -OCH3 is 1. The summed E-state index contributed by atoms with van der Waals surface area (Å²) in [5.74, 6) is -0.676. The number of ether oxygens (including phenoxy) is 1. The third-order valence-corrected chi connectivity index (χ3v) is 2.25. The highest BCUT2D eigenvalue weighted by Gasteiger charge is 2.31. The predicted molar refractivity (Wildman–Crippen MR) is 59.5 cm³/mol. The van der Waals surface area contributed by atoms with Crippen molar-refractivity contribution >= 4 is 5.91 Å². The Labute approximate surface area is 107 Å². The number of nitrogens with one attached hydrogen (secondary N) is 1. The predicted octanol–water partition coefficient (Wildman–Crippen LogP) is 0.837. The summed E-state index contributed by atoms with van der Waals surface area (Å²) in [4.78, 5) is 15.1. The second-order valence-corrected chi connectivity index (χ2v) is 3.74. The Morgan fingerprint density at radius 1 is 1.53 bits per heavy atom. The molecular weight excluding hydrogens is 265 g/mol. The number of carbonyl (C=O) groups excluding carboxylic acids is 1. The maximum Gasteiger partial charge on any atom is 0.417 e. The molecule has 1 aromatic rings. The van der Waals surface area contributed by atoms with Gasteiger partial charge in [0.1, 0.15) is 5.69 Å². The molecule has 1 amide bonds. The van der Waals surface area contributed by atoms with E-state index in [9.17, 15) is 18.0 Å². The van der Waals surface area contributed by atoms with E-state index < -0.39 is 23.7 Å². The fourth-order valence-corrected chi connectivity index (χ4v) is 1.30. The summed E-state index contributed by atoms with van der Waals surface area (Å²) in [5, 5.41) is 11.3. The van der Waals surface area contributed by atoms with Gasteiger partial charge in [0.25, 0.3) is 5.91 Å². The second-order valence-electron chi connectivity index (χ2n) is 3.74. The minimum atomic E-state index is -4.49. The van der Waals surface area contributed by atoms with Crippen molar-refractivity contribution < 1.29 is 27.8 Å². The lowest BCUT2D eigenvalue weighted by atomic mass is 10.2. The molecule has 5 nitrogen and oxygen atoms in total. The normalized spacial score (nSPS) is 13.1. The summed E-state index contributed by atoms with van der Waals surface area (Å²) in [6, 6.07) is 1.10. The van der Waals surface area contributed by atoms with Crippen LogP contribution in [0.2, 0.25) is 0 Å². The van der Waals surface area contributed by atoms with Crippen LogP contribution in [0.5, 0.6) is 0 Å². The SMILES string of the molecule is COCC(CO)NC(=O)c1ccc(C(F)(F)F)cn1. The van der Waals surface area contributed by atoms with Crippen molar-refractivity contribution in [3.63, 3.8) is 0 Å². The first-order valence-corrected chi connectivity index (χ1v) is 5.32. The Bertz CT molecular complexity index is 420. The summed E-state index contributed by atoms with van der Waals surface area (Å²) < 4.78 is 41.6. The number of pyridine rings is 1. The van der Waals surface area contributed by atoms with Crippen molar-refractivity contribution in [1.29, 1.82) is 0 Å². The van der Waals surface area contributed by atoms with Gasteiger partial charge in [0.2, 0.25) is 0 Å². The van der Waals surface area contributed by atoms with E-state index in [-0.39, 0.29) is 18.9 Å². The largest absolute Gasteiger partial charge is 0.417 e. The van der Waals surface area contributed by atoms with Crippen molar-refractivity contribution in [2.45, 2.75) is 12.2 Å². The van der Waals surface area contributed by atoms with Gasteiger partial charge in [-0.25, -0.2) is 0 Å². The Hall–Kier alpha value is -1.67. The van der Waals surface area contributed by atoms with Gasteiger partial charge >= 0.3 is 6.18 Å². The van der Waals surface area contributed by atoms with Crippen LogP contribution < -0.4 is 5.32 Å². The Balaban J connectivity index is 2.73. The van der Waals surface area contributed by atoms with Crippen LogP contribution in [0, 0.1) is 0 Å². The van der Waals surface area contributed by atoms with Crippen LogP contribution in [0.1, 0.15) is 16.1 Å². The molecule has 0 radical (unpaired) electrons. The molecule has 1 aromatic heterocycles. The summed E-state index contributed by atoms with van der Waals surface area (Å²) in [6.07, 6.45) is -3.91. The molecule has 0 aromatic carbocycles. The third-order valence-electron chi connectivity index (χ3n) is 2.25. The first-order valence-electron chi connectivity index (χ1n) is 5.32. The van der Waals surface area contributed by atoms with Crippen LogP contribution in [0.25, 0.3) is 0 Å². The molecule has 0 saturated carbocycles. The Kier molecular flexibility index (Phi) is 5.25. The van der Waals surface area contributed by atoms with Gasteiger partial charge in [0.15, 0.2) is 0 Å². The number of aliphatic hydroxyl groups excluding tert-OH is 1. The number of halogens is 3. The topological polar surface area (TPSA) is 71.5 Å². The molecule has 1 rings (SSSR count). The minimum Gasteiger partial charge on any atom is -0.394 e. The van der Waals surface area contributed by atoms with Crippen molar-refractivity contribution in [3.8, 4) is 0 Å². The molecule has 0 saturated heterocycles. The summed E-state index contributed by atoms with van der Waals surface area (Å²) in [6.45, 7) is -0.261. The van der Waals surface area contributed by atoms with Crippen LogP contribution >= 0.6 is 0 Å². The van der Waals surface area contributed by atoms with E-state index in [1.165, 1.54) is 7.11 Å². The zero-order valence-corrected chi connectivity index (χ0v) is 10.1. The van der Waals surface area contributed by atoms with Gasteiger partial charge in [-0.1, -0.05) is 0 Å². The Morgan fingerprint density at radius 3 is 2.63 bits per heavy atom. The zero-order valence-electron chi connectivity index (χ0n) is 10.1.